The van der Waals surface area contributed by atoms with Gasteiger partial charge in [0.25, 0.3) is 0 Å². The van der Waals surface area contributed by atoms with Crippen LogP contribution in [0.5, 0.6) is 0 Å². The van der Waals surface area contributed by atoms with E-state index in [0.29, 0.717) is 5.69 Å². The molecule has 1 fully saturated rings. The number of amides is 1. The first kappa shape index (κ1) is 15.1. The summed E-state index contributed by atoms with van der Waals surface area (Å²) in [7, 11) is 0. The normalized spacial score (nSPS) is 19.1. The maximum Gasteiger partial charge on any atom is 0.412 e. The SMILES string of the molecule is Nc1cccc(/C=C/C(O)N2C(=O)OC[C@H]2c2ccccc2)c1. The second-order valence-corrected chi connectivity index (χ2v) is 5.35. The summed E-state index contributed by atoms with van der Waals surface area (Å²) < 4.78 is 5.10. The van der Waals surface area contributed by atoms with Crippen LogP contribution in [0.3, 0.4) is 0 Å². The molecule has 2 aromatic rings. The summed E-state index contributed by atoms with van der Waals surface area (Å²) in [6.07, 6.45) is 1.69. The molecule has 0 saturated carbocycles. The Labute approximate surface area is 134 Å². The van der Waals surface area contributed by atoms with Gasteiger partial charge in [0.2, 0.25) is 0 Å². The smallest absolute Gasteiger partial charge is 0.412 e. The van der Waals surface area contributed by atoms with E-state index in [4.69, 9.17) is 10.5 Å². The van der Waals surface area contributed by atoms with Crippen LogP contribution >= 0.6 is 0 Å². The third kappa shape index (κ3) is 3.35. The topological polar surface area (TPSA) is 75.8 Å². The van der Waals surface area contributed by atoms with Gasteiger partial charge in [-0.15, -0.1) is 0 Å². The summed E-state index contributed by atoms with van der Waals surface area (Å²) in [5, 5.41) is 10.4. The number of carbonyl (C=O) groups is 1. The minimum absolute atomic E-state index is 0.228. The number of nitrogens with zero attached hydrogens (tertiary/aromatic N) is 1. The van der Waals surface area contributed by atoms with Crippen molar-refractivity contribution in [1.82, 2.24) is 4.90 Å². The molecule has 3 N–H and O–H groups in total. The molecule has 0 aliphatic carbocycles. The van der Waals surface area contributed by atoms with Crippen molar-refractivity contribution >= 4 is 17.9 Å². The molecule has 0 radical (unpaired) electrons. The van der Waals surface area contributed by atoms with Gasteiger partial charge in [-0.1, -0.05) is 48.5 Å². The van der Waals surface area contributed by atoms with E-state index in [-0.39, 0.29) is 12.6 Å². The van der Waals surface area contributed by atoms with Crippen molar-refractivity contribution < 1.29 is 14.6 Å². The molecule has 0 aromatic heterocycles. The maximum atomic E-state index is 12.0. The second kappa shape index (κ2) is 6.54. The van der Waals surface area contributed by atoms with Gasteiger partial charge < -0.3 is 15.6 Å². The number of carbonyl (C=O) groups excluding carboxylic acids is 1. The molecule has 1 unspecified atom stereocenters. The zero-order valence-corrected chi connectivity index (χ0v) is 12.5. The van der Waals surface area contributed by atoms with Crippen LogP contribution < -0.4 is 5.73 Å². The highest BCUT2D eigenvalue weighted by Crippen LogP contribution is 2.29. The van der Waals surface area contributed by atoms with Gasteiger partial charge in [0.1, 0.15) is 6.61 Å². The molecular formula is C18H18N2O3. The highest BCUT2D eigenvalue weighted by Gasteiger charge is 2.37. The summed E-state index contributed by atoms with van der Waals surface area (Å²) in [5.74, 6) is 0. The summed E-state index contributed by atoms with van der Waals surface area (Å²) in [4.78, 5) is 13.3. The standard InChI is InChI=1S/C18H18N2O3/c19-15-8-4-5-13(11-15)9-10-17(21)20-16(12-23-18(20)22)14-6-2-1-3-7-14/h1-11,16-17,21H,12,19H2/b10-9+/t16-,17?/m0/s1. The number of cyclic esters (lactones) is 1. The van der Waals surface area contributed by atoms with Crippen LogP contribution in [0.1, 0.15) is 17.2 Å². The molecule has 1 aliphatic heterocycles. The Morgan fingerprint density at radius 2 is 2.00 bits per heavy atom. The van der Waals surface area contributed by atoms with Crippen molar-refractivity contribution in [3.05, 3.63) is 71.8 Å². The first-order valence-electron chi connectivity index (χ1n) is 7.37. The Morgan fingerprint density at radius 3 is 2.74 bits per heavy atom. The van der Waals surface area contributed by atoms with Crippen LogP contribution in [0.25, 0.3) is 6.08 Å². The quantitative estimate of drug-likeness (QED) is 0.851. The summed E-state index contributed by atoms with van der Waals surface area (Å²) in [6.45, 7) is 0.228. The lowest BCUT2D eigenvalue weighted by Gasteiger charge is -2.24. The predicted octanol–water partition coefficient (Wildman–Crippen LogP) is 2.79. The van der Waals surface area contributed by atoms with Crippen molar-refractivity contribution in [2.24, 2.45) is 0 Å². The first-order chi connectivity index (χ1) is 11.1. The number of rotatable bonds is 4. The lowest BCUT2D eigenvalue weighted by Crippen LogP contribution is -2.36. The summed E-state index contributed by atoms with van der Waals surface area (Å²) in [5.41, 5.74) is 8.15. The molecule has 0 spiro atoms. The highest BCUT2D eigenvalue weighted by molar-refractivity contribution is 5.71. The van der Waals surface area contributed by atoms with E-state index < -0.39 is 12.3 Å². The molecule has 1 amide bonds. The average Bonchev–Trinajstić information content (AvgIpc) is 2.95. The number of aliphatic hydroxyl groups is 1. The zero-order chi connectivity index (χ0) is 16.2. The van der Waals surface area contributed by atoms with Crippen LogP contribution in [-0.4, -0.2) is 28.9 Å². The van der Waals surface area contributed by atoms with E-state index in [0.717, 1.165) is 11.1 Å². The molecule has 5 heteroatoms. The van der Waals surface area contributed by atoms with E-state index in [1.54, 1.807) is 24.3 Å². The summed E-state index contributed by atoms with van der Waals surface area (Å²) in [6, 6.07) is 16.5. The van der Waals surface area contributed by atoms with Crippen LogP contribution in [0.4, 0.5) is 10.5 Å². The van der Waals surface area contributed by atoms with Gasteiger partial charge in [0, 0.05) is 5.69 Å². The van der Waals surface area contributed by atoms with E-state index in [1.807, 2.05) is 42.5 Å². The number of nitrogens with two attached hydrogens (primary N) is 1. The van der Waals surface area contributed by atoms with Crippen molar-refractivity contribution in [3.8, 4) is 0 Å². The molecule has 3 rings (SSSR count). The molecule has 5 nitrogen and oxygen atoms in total. The van der Waals surface area contributed by atoms with E-state index in [1.165, 1.54) is 4.90 Å². The molecule has 118 valence electrons. The Bertz CT molecular complexity index is 715. The molecule has 1 aliphatic rings. The minimum atomic E-state index is -1.07. The average molecular weight is 310 g/mol. The number of hydrogen-bond donors (Lipinski definition) is 2. The lowest BCUT2D eigenvalue weighted by molar-refractivity contribution is 0.0545. The monoisotopic (exact) mass is 310 g/mol. The predicted molar refractivity (Wildman–Crippen MR) is 88.3 cm³/mol. The largest absolute Gasteiger partial charge is 0.447 e. The van der Waals surface area contributed by atoms with Crippen LogP contribution in [0, 0.1) is 0 Å². The number of nitrogen functional groups attached to an aromatic ring is 1. The van der Waals surface area contributed by atoms with E-state index >= 15 is 0 Å². The van der Waals surface area contributed by atoms with Crippen LogP contribution in [0.2, 0.25) is 0 Å². The molecule has 2 aromatic carbocycles. The Kier molecular flexibility index (Phi) is 4.30. The summed E-state index contributed by atoms with van der Waals surface area (Å²) >= 11 is 0. The van der Waals surface area contributed by atoms with Crippen molar-refractivity contribution in [2.75, 3.05) is 12.3 Å². The third-order valence-corrected chi connectivity index (χ3v) is 3.75. The van der Waals surface area contributed by atoms with E-state index in [2.05, 4.69) is 0 Å². The fourth-order valence-corrected chi connectivity index (χ4v) is 2.61. The molecule has 1 saturated heterocycles. The fourth-order valence-electron chi connectivity index (χ4n) is 2.61. The third-order valence-electron chi connectivity index (χ3n) is 3.75. The fraction of sp³-hybridized carbons (Fsp3) is 0.167. The molecule has 2 atom stereocenters. The van der Waals surface area contributed by atoms with Crippen molar-refractivity contribution in [1.29, 1.82) is 0 Å². The van der Waals surface area contributed by atoms with Gasteiger partial charge >= 0.3 is 6.09 Å². The van der Waals surface area contributed by atoms with Gasteiger partial charge in [0.05, 0.1) is 6.04 Å². The molecule has 1 heterocycles. The maximum absolute atomic E-state index is 12.0. The second-order valence-electron chi connectivity index (χ2n) is 5.35. The van der Waals surface area contributed by atoms with E-state index in [9.17, 15) is 9.90 Å². The zero-order valence-electron chi connectivity index (χ0n) is 12.5. The first-order valence-corrected chi connectivity index (χ1v) is 7.37. The van der Waals surface area contributed by atoms with Gasteiger partial charge in [0.15, 0.2) is 6.23 Å². The molecule has 0 bridgehead atoms. The van der Waals surface area contributed by atoms with Crippen LogP contribution in [0.15, 0.2) is 60.7 Å². The van der Waals surface area contributed by atoms with Crippen LogP contribution in [-0.2, 0) is 4.74 Å². The Balaban J connectivity index is 1.79. The van der Waals surface area contributed by atoms with Crippen molar-refractivity contribution in [2.45, 2.75) is 12.3 Å². The number of benzene rings is 2. The molecule has 23 heavy (non-hydrogen) atoms. The Morgan fingerprint density at radius 1 is 1.22 bits per heavy atom. The minimum Gasteiger partial charge on any atom is -0.447 e. The van der Waals surface area contributed by atoms with Gasteiger partial charge in [-0.2, -0.15) is 0 Å². The lowest BCUT2D eigenvalue weighted by atomic mass is 10.1. The van der Waals surface area contributed by atoms with Gasteiger partial charge in [-0.25, -0.2) is 4.79 Å². The van der Waals surface area contributed by atoms with Gasteiger partial charge in [-0.3, -0.25) is 4.90 Å². The Hall–Kier alpha value is -2.79. The number of aliphatic hydroxyl groups excluding tert-OH is 1. The number of hydrogen-bond acceptors (Lipinski definition) is 4. The highest BCUT2D eigenvalue weighted by atomic mass is 16.6. The number of ether oxygens (including phenoxy) is 1. The molecular weight excluding hydrogens is 292 g/mol. The number of anilines is 1. The van der Waals surface area contributed by atoms with Crippen molar-refractivity contribution in [3.63, 3.8) is 0 Å². The van der Waals surface area contributed by atoms with Gasteiger partial charge in [-0.05, 0) is 29.3 Å².